The van der Waals surface area contributed by atoms with Crippen LogP contribution in [0.2, 0.25) is 0 Å². The van der Waals surface area contributed by atoms with Gasteiger partial charge < -0.3 is 14.2 Å². The summed E-state index contributed by atoms with van der Waals surface area (Å²) in [6.45, 7) is 10.5. The van der Waals surface area contributed by atoms with Gasteiger partial charge in [0.2, 0.25) is 0 Å². The minimum absolute atomic E-state index is 0.116. The fraction of sp³-hybridized carbons (Fsp3) is 0.552. The molecule has 0 spiro atoms. The molecule has 1 atom stereocenters. The molecule has 4 nitrogen and oxygen atoms in total. The number of ether oxygens (including phenoxy) is 3. The van der Waals surface area contributed by atoms with Crippen LogP contribution >= 0.6 is 0 Å². The molecular weight excluding hydrogens is 412 g/mol. The minimum Gasteiger partial charge on any atom is -0.497 e. The smallest absolute Gasteiger partial charge is 0.333 e. The van der Waals surface area contributed by atoms with Crippen LogP contribution in [0, 0.1) is 6.92 Å². The lowest BCUT2D eigenvalue weighted by Gasteiger charge is -2.37. The zero-order valence-electron chi connectivity index (χ0n) is 21.7. The van der Waals surface area contributed by atoms with Gasteiger partial charge >= 0.3 is 5.97 Å². The Bertz CT molecular complexity index is 906. The first kappa shape index (κ1) is 26.8. The lowest BCUT2D eigenvalue weighted by atomic mass is 9.87. The van der Waals surface area contributed by atoms with Crippen molar-refractivity contribution in [1.82, 2.24) is 0 Å². The van der Waals surface area contributed by atoms with Gasteiger partial charge in [-0.3, -0.25) is 0 Å². The third-order valence-corrected chi connectivity index (χ3v) is 6.53. The standard InChI is InChI=1S/C29H42O4/c1-21(13-9-15-23(3)28(30)32-7)11-8-12-22(2)14-10-17-29(5)18-16-25-20-26(31-6)19-24(4)27(25)33-29/h11,14-15,19-20H,8-10,12-13,16-18H2,1-7H3/b21-11+,22-14+,23-15+. The van der Waals surface area contributed by atoms with Crippen molar-refractivity contribution in [2.45, 2.75) is 91.6 Å². The average molecular weight is 455 g/mol. The van der Waals surface area contributed by atoms with E-state index in [0.717, 1.165) is 68.4 Å². The SMILES string of the molecule is COC(=O)/C(C)=C/CC/C(C)=C/CC/C(C)=C/CCC1(C)CCc2cc(OC)cc(C)c2O1. The highest BCUT2D eigenvalue weighted by atomic mass is 16.5. The molecule has 0 aromatic heterocycles. The molecule has 1 aromatic carbocycles. The molecule has 1 heterocycles. The van der Waals surface area contributed by atoms with Crippen LogP contribution in [0.1, 0.15) is 83.8 Å². The summed E-state index contributed by atoms with van der Waals surface area (Å²) in [5, 5.41) is 0. The van der Waals surface area contributed by atoms with E-state index in [1.54, 1.807) is 14.0 Å². The number of methoxy groups -OCH3 is 2. The first-order valence-electron chi connectivity index (χ1n) is 12.1. The van der Waals surface area contributed by atoms with Crippen LogP contribution < -0.4 is 9.47 Å². The normalized spacial score (nSPS) is 19.1. The topological polar surface area (TPSA) is 44.8 Å². The van der Waals surface area contributed by atoms with Gasteiger partial charge in [-0.15, -0.1) is 0 Å². The summed E-state index contributed by atoms with van der Waals surface area (Å²) in [5.41, 5.74) is 5.77. The summed E-state index contributed by atoms with van der Waals surface area (Å²) in [7, 11) is 3.13. The Balaban J connectivity index is 1.78. The number of hydrogen-bond donors (Lipinski definition) is 0. The number of esters is 1. The van der Waals surface area contributed by atoms with Gasteiger partial charge in [-0.1, -0.05) is 29.4 Å². The van der Waals surface area contributed by atoms with Crippen molar-refractivity contribution in [3.63, 3.8) is 0 Å². The highest BCUT2D eigenvalue weighted by Crippen LogP contribution is 2.40. The molecule has 0 aliphatic carbocycles. The van der Waals surface area contributed by atoms with Crippen LogP contribution in [0.4, 0.5) is 0 Å². The summed E-state index contributed by atoms with van der Waals surface area (Å²) < 4.78 is 16.6. The van der Waals surface area contributed by atoms with Crippen molar-refractivity contribution >= 4 is 5.97 Å². The molecule has 0 saturated carbocycles. The summed E-state index contributed by atoms with van der Waals surface area (Å²) >= 11 is 0. The second kappa shape index (κ2) is 12.7. The lowest BCUT2D eigenvalue weighted by Crippen LogP contribution is -2.36. The quantitative estimate of drug-likeness (QED) is 0.198. The minimum atomic E-state index is -0.246. The van der Waals surface area contributed by atoms with Crippen molar-refractivity contribution in [3.8, 4) is 11.5 Å². The van der Waals surface area contributed by atoms with Gasteiger partial charge in [0.25, 0.3) is 0 Å². The van der Waals surface area contributed by atoms with E-state index in [2.05, 4.69) is 52.0 Å². The molecule has 1 aliphatic rings. The van der Waals surface area contributed by atoms with E-state index in [4.69, 9.17) is 14.2 Å². The molecule has 0 bridgehead atoms. The van der Waals surface area contributed by atoms with Crippen LogP contribution in [0.25, 0.3) is 0 Å². The number of carbonyl (C=O) groups excluding carboxylic acids is 1. The first-order valence-corrected chi connectivity index (χ1v) is 12.1. The van der Waals surface area contributed by atoms with E-state index in [1.807, 2.05) is 6.08 Å². The molecule has 1 unspecified atom stereocenters. The van der Waals surface area contributed by atoms with Crippen molar-refractivity contribution in [2.75, 3.05) is 14.2 Å². The molecule has 0 radical (unpaired) electrons. The number of fused-ring (bicyclic) bond motifs is 1. The third-order valence-electron chi connectivity index (χ3n) is 6.53. The fourth-order valence-corrected chi connectivity index (χ4v) is 4.27. The number of hydrogen-bond acceptors (Lipinski definition) is 4. The highest BCUT2D eigenvalue weighted by molar-refractivity contribution is 5.87. The van der Waals surface area contributed by atoms with E-state index < -0.39 is 0 Å². The molecule has 0 fully saturated rings. The van der Waals surface area contributed by atoms with Gasteiger partial charge in [0, 0.05) is 5.57 Å². The highest BCUT2D eigenvalue weighted by Gasteiger charge is 2.32. The van der Waals surface area contributed by atoms with Gasteiger partial charge in [-0.2, -0.15) is 0 Å². The van der Waals surface area contributed by atoms with Crippen molar-refractivity contribution in [1.29, 1.82) is 0 Å². The van der Waals surface area contributed by atoms with Gasteiger partial charge in [-0.25, -0.2) is 4.79 Å². The number of carbonyl (C=O) groups is 1. The predicted molar refractivity (Wildman–Crippen MR) is 136 cm³/mol. The Morgan fingerprint density at radius 1 is 1.03 bits per heavy atom. The number of rotatable bonds is 11. The maximum Gasteiger partial charge on any atom is 0.333 e. The lowest BCUT2D eigenvalue weighted by molar-refractivity contribution is -0.136. The molecule has 182 valence electrons. The fourth-order valence-electron chi connectivity index (χ4n) is 4.27. The average Bonchev–Trinajstić information content (AvgIpc) is 2.78. The number of benzene rings is 1. The Labute approximate surface area is 200 Å². The summed E-state index contributed by atoms with van der Waals surface area (Å²) in [4.78, 5) is 11.4. The van der Waals surface area contributed by atoms with Crippen LogP contribution in [-0.2, 0) is 16.0 Å². The summed E-state index contributed by atoms with van der Waals surface area (Å²) in [6.07, 6.45) is 14.7. The van der Waals surface area contributed by atoms with Crippen molar-refractivity contribution in [2.24, 2.45) is 0 Å². The van der Waals surface area contributed by atoms with E-state index in [1.165, 1.54) is 23.8 Å². The maximum absolute atomic E-state index is 11.4. The zero-order valence-corrected chi connectivity index (χ0v) is 21.7. The molecule has 0 amide bonds. The van der Waals surface area contributed by atoms with Crippen LogP contribution in [0.15, 0.2) is 47.1 Å². The molecule has 4 heteroatoms. The monoisotopic (exact) mass is 454 g/mol. The molecular formula is C29H42O4. The van der Waals surface area contributed by atoms with E-state index in [-0.39, 0.29) is 11.6 Å². The zero-order chi connectivity index (χ0) is 24.4. The van der Waals surface area contributed by atoms with Gasteiger partial charge in [0.05, 0.1) is 14.2 Å². The molecule has 2 rings (SSSR count). The van der Waals surface area contributed by atoms with Gasteiger partial charge in [-0.05, 0) is 109 Å². The van der Waals surface area contributed by atoms with Crippen LogP contribution in [-0.4, -0.2) is 25.8 Å². The van der Waals surface area contributed by atoms with E-state index in [9.17, 15) is 4.79 Å². The predicted octanol–water partition coefficient (Wildman–Crippen LogP) is 7.44. The first-order chi connectivity index (χ1) is 15.7. The molecule has 0 saturated heterocycles. The van der Waals surface area contributed by atoms with Gasteiger partial charge in [0.15, 0.2) is 0 Å². The van der Waals surface area contributed by atoms with E-state index >= 15 is 0 Å². The summed E-state index contributed by atoms with van der Waals surface area (Å²) in [5.74, 6) is 1.71. The Morgan fingerprint density at radius 2 is 1.67 bits per heavy atom. The Kier molecular flexibility index (Phi) is 10.3. The maximum atomic E-state index is 11.4. The molecule has 33 heavy (non-hydrogen) atoms. The van der Waals surface area contributed by atoms with Crippen LogP contribution in [0.5, 0.6) is 11.5 Å². The van der Waals surface area contributed by atoms with Gasteiger partial charge in [0.1, 0.15) is 17.1 Å². The number of allylic oxidation sites excluding steroid dienone is 5. The van der Waals surface area contributed by atoms with E-state index in [0.29, 0.717) is 5.57 Å². The largest absolute Gasteiger partial charge is 0.497 e. The molecule has 0 N–H and O–H groups in total. The van der Waals surface area contributed by atoms with Crippen molar-refractivity contribution in [3.05, 3.63) is 58.2 Å². The third kappa shape index (κ3) is 8.42. The summed E-state index contributed by atoms with van der Waals surface area (Å²) in [6, 6.07) is 4.17. The Morgan fingerprint density at radius 3 is 2.30 bits per heavy atom. The second-order valence-corrected chi connectivity index (χ2v) is 9.58. The van der Waals surface area contributed by atoms with Crippen LogP contribution in [0.3, 0.4) is 0 Å². The molecule has 1 aliphatic heterocycles. The second-order valence-electron chi connectivity index (χ2n) is 9.58. The van der Waals surface area contributed by atoms with Crippen molar-refractivity contribution < 1.29 is 19.0 Å². The Hall–Kier alpha value is -2.49. The molecule has 1 aromatic rings. The number of aryl methyl sites for hydroxylation is 2.